The zero-order valence-corrected chi connectivity index (χ0v) is 16.6. The van der Waals surface area contributed by atoms with Gasteiger partial charge in [0.1, 0.15) is 0 Å². The van der Waals surface area contributed by atoms with Gasteiger partial charge in [0.15, 0.2) is 0 Å². The van der Waals surface area contributed by atoms with E-state index in [0.29, 0.717) is 31.7 Å². The summed E-state index contributed by atoms with van der Waals surface area (Å²) in [6.45, 7) is 8.96. The lowest BCUT2D eigenvalue weighted by Gasteiger charge is -2.34. The second-order valence-electron chi connectivity index (χ2n) is 6.93. The Morgan fingerprint density at radius 2 is 1.93 bits per heavy atom. The molecular formula is C20H28N6O2. The Bertz CT molecular complexity index is 783. The lowest BCUT2D eigenvalue weighted by Crippen LogP contribution is -2.49. The first-order chi connectivity index (χ1) is 13.6. The van der Waals surface area contributed by atoms with Gasteiger partial charge in [-0.1, -0.05) is 13.0 Å². The molecule has 3 rings (SSSR count). The van der Waals surface area contributed by atoms with Crippen LogP contribution in [0.2, 0.25) is 0 Å². The molecule has 2 aromatic rings. The molecule has 0 N–H and O–H groups in total. The fourth-order valence-electron chi connectivity index (χ4n) is 3.36. The van der Waals surface area contributed by atoms with Crippen LogP contribution in [-0.2, 0) is 6.54 Å². The van der Waals surface area contributed by atoms with E-state index < -0.39 is 0 Å². The molecule has 0 aliphatic carbocycles. The number of piperazine rings is 1. The van der Waals surface area contributed by atoms with Crippen molar-refractivity contribution in [2.24, 2.45) is 0 Å². The predicted octanol–water partition coefficient (Wildman–Crippen LogP) is 1.94. The summed E-state index contributed by atoms with van der Waals surface area (Å²) in [5.41, 5.74) is 1.49. The molecule has 28 heavy (non-hydrogen) atoms. The molecule has 0 unspecified atom stereocenters. The maximum absolute atomic E-state index is 12.7. The van der Waals surface area contributed by atoms with E-state index in [9.17, 15) is 9.59 Å². The van der Waals surface area contributed by atoms with Crippen molar-refractivity contribution < 1.29 is 9.59 Å². The lowest BCUT2D eigenvalue weighted by atomic mass is 10.2. The van der Waals surface area contributed by atoms with Crippen LogP contribution in [0.1, 0.15) is 36.3 Å². The van der Waals surface area contributed by atoms with E-state index in [2.05, 4.69) is 15.0 Å². The number of rotatable bonds is 6. The van der Waals surface area contributed by atoms with Crippen molar-refractivity contribution in [1.29, 1.82) is 0 Å². The smallest absolute Gasteiger partial charge is 0.339 e. The van der Waals surface area contributed by atoms with Crippen molar-refractivity contribution >= 4 is 11.9 Å². The van der Waals surface area contributed by atoms with Crippen LogP contribution < -0.4 is 0 Å². The van der Waals surface area contributed by atoms with Crippen molar-refractivity contribution in [1.82, 2.24) is 29.5 Å². The topological polar surface area (TPSA) is 74.6 Å². The number of hydrogen-bond acceptors (Lipinski definition) is 5. The van der Waals surface area contributed by atoms with E-state index in [1.807, 2.05) is 32.0 Å². The maximum atomic E-state index is 12.7. The molecule has 0 bridgehead atoms. The number of nitrogens with zero attached hydrogens (tertiary/aromatic N) is 6. The highest BCUT2D eigenvalue weighted by atomic mass is 16.2. The van der Waals surface area contributed by atoms with E-state index in [4.69, 9.17) is 0 Å². The number of carbonyl (C=O) groups is 2. The van der Waals surface area contributed by atoms with Gasteiger partial charge in [-0.3, -0.25) is 14.7 Å². The van der Waals surface area contributed by atoms with Crippen LogP contribution in [0.4, 0.5) is 4.79 Å². The van der Waals surface area contributed by atoms with Gasteiger partial charge in [-0.15, -0.1) is 0 Å². The molecule has 0 saturated carbocycles. The van der Waals surface area contributed by atoms with E-state index in [0.717, 1.165) is 31.7 Å². The minimum absolute atomic E-state index is 0.0800. The fraction of sp³-hybridized carbons (Fsp3) is 0.500. The molecule has 150 valence electrons. The van der Waals surface area contributed by atoms with Gasteiger partial charge >= 0.3 is 6.03 Å². The molecule has 1 aliphatic rings. The Labute approximate surface area is 165 Å². The maximum Gasteiger partial charge on any atom is 0.344 e. The molecule has 8 nitrogen and oxygen atoms in total. The molecule has 0 radical (unpaired) electrons. The Morgan fingerprint density at radius 1 is 1.14 bits per heavy atom. The van der Waals surface area contributed by atoms with E-state index in [1.165, 1.54) is 10.9 Å². The van der Waals surface area contributed by atoms with Gasteiger partial charge < -0.3 is 9.80 Å². The van der Waals surface area contributed by atoms with Gasteiger partial charge in [0, 0.05) is 58.2 Å². The SMILES string of the molecule is CCCN(CC)C(=O)c1cnn(C(=O)N2CCN(Cc3ccccn3)CC2)c1. The number of aromatic nitrogens is 3. The Balaban J connectivity index is 1.55. The van der Waals surface area contributed by atoms with Gasteiger partial charge in [-0.05, 0) is 25.5 Å². The first-order valence-corrected chi connectivity index (χ1v) is 9.87. The van der Waals surface area contributed by atoms with Gasteiger partial charge in [0.05, 0.1) is 17.5 Å². The van der Waals surface area contributed by atoms with Crippen LogP contribution in [0.25, 0.3) is 0 Å². The van der Waals surface area contributed by atoms with Crippen molar-refractivity contribution in [3.63, 3.8) is 0 Å². The van der Waals surface area contributed by atoms with Crippen molar-refractivity contribution in [3.05, 3.63) is 48.0 Å². The zero-order valence-electron chi connectivity index (χ0n) is 16.6. The van der Waals surface area contributed by atoms with Crippen molar-refractivity contribution in [2.45, 2.75) is 26.8 Å². The highest BCUT2D eigenvalue weighted by Crippen LogP contribution is 2.10. The minimum atomic E-state index is -0.185. The van der Waals surface area contributed by atoms with Crippen LogP contribution in [0, 0.1) is 0 Å². The third-order valence-electron chi connectivity index (χ3n) is 4.94. The van der Waals surface area contributed by atoms with Crippen LogP contribution in [0.15, 0.2) is 36.8 Å². The van der Waals surface area contributed by atoms with Crippen LogP contribution in [-0.4, -0.2) is 80.7 Å². The molecule has 0 spiro atoms. The third kappa shape index (κ3) is 4.75. The largest absolute Gasteiger partial charge is 0.344 e. The minimum Gasteiger partial charge on any atom is -0.339 e. The highest BCUT2D eigenvalue weighted by molar-refractivity contribution is 5.94. The van der Waals surface area contributed by atoms with Gasteiger partial charge in [0.25, 0.3) is 5.91 Å². The van der Waals surface area contributed by atoms with E-state index in [-0.39, 0.29) is 11.9 Å². The number of pyridine rings is 1. The summed E-state index contributed by atoms with van der Waals surface area (Å²) in [6.07, 6.45) is 5.72. The lowest BCUT2D eigenvalue weighted by molar-refractivity contribution is 0.0764. The summed E-state index contributed by atoms with van der Waals surface area (Å²) in [4.78, 5) is 35.5. The molecule has 2 aromatic heterocycles. The Morgan fingerprint density at radius 3 is 2.57 bits per heavy atom. The number of hydrogen-bond donors (Lipinski definition) is 0. The average molecular weight is 384 g/mol. The molecule has 1 saturated heterocycles. The summed E-state index contributed by atoms with van der Waals surface area (Å²) in [7, 11) is 0. The molecule has 2 amide bonds. The van der Waals surface area contributed by atoms with Gasteiger partial charge in [-0.2, -0.15) is 9.78 Å². The summed E-state index contributed by atoms with van der Waals surface area (Å²) in [5, 5.41) is 4.13. The fourth-order valence-corrected chi connectivity index (χ4v) is 3.36. The zero-order chi connectivity index (χ0) is 19.9. The van der Waals surface area contributed by atoms with Crippen molar-refractivity contribution in [3.8, 4) is 0 Å². The summed E-state index contributed by atoms with van der Waals surface area (Å²) in [5.74, 6) is -0.0800. The van der Waals surface area contributed by atoms with Crippen molar-refractivity contribution in [2.75, 3.05) is 39.3 Å². The van der Waals surface area contributed by atoms with E-state index >= 15 is 0 Å². The normalized spacial score (nSPS) is 14.9. The molecule has 0 atom stereocenters. The molecule has 1 aliphatic heterocycles. The predicted molar refractivity (Wildman–Crippen MR) is 106 cm³/mol. The quantitative estimate of drug-likeness (QED) is 0.761. The van der Waals surface area contributed by atoms with Gasteiger partial charge in [0.2, 0.25) is 0 Å². The number of carbonyl (C=O) groups excluding carboxylic acids is 2. The molecule has 1 fully saturated rings. The Kier molecular flexibility index (Phi) is 6.76. The third-order valence-corrected chi connectivity index (χ3v) is 4.94. The van der Waals surface area contributed by atoms with Gasteiger partial charge in [-0.25, -0.2) is 4.79 Å². The first kappa shape index (κ1) is 20.0. The summed E-state index contributed by atoms with van der Waals surface area (Å²) < 4.78 is 1.28. The summed E-state index contributed by atoms with van der Waals surface area (Å²) in [6, 6.07) is 5.72. The molecule has 8 heteroatoms. The summed E-state index contributed by atoms with van der Waals surface area (Å²) >= 11 is 0. The molecule has 3 heterocycles. The number of amides is 2. The first-order valence-electron chi connectivity index (χ1n) is 9.87. The van der Waals surface area contributed by atoms with E-state index in [1.54, 1.807) is 22.2 Å². The molecular weight excluding hydrogens is 356 g/mol. The second kappa shape index (κ2) is 9.45. The average Bonchev–Trinajstić information content (AvgIpc) is 3.22. The van der Waals surface area contributed by atoms with Crippen LogP contribution in [0.5, 0.6) is 0 Å². The van der Waals surface area contributed by atoms with Crippen LogP contribution in [0.3, 0.4) is 0 Å². The monoisotopic (exact) mass is 384 g/mol. The Hall–Kier alpha value is -2.74. The second-order valence-corrected chi connectivity index (χ2v) is 6.93. The molecule has 0 aromatic carbocycles. The van der Waals surface area contributed by atoms with Crippen LogP contribution >= 0.6 is 0 Å². The highest BCUT2D eigenvalue weighted by Gasteiger charge is 2.24. The standard InChI is InChI=1S/C20H28N6O2/c1-3-9-24(4-2)19(27)17-14-22-26(15-17)20(28)25-12-10-23(11-13-25)16-18-7-5-6-8-21-18/h5-8,14-15H,3-4,9-13,16H2,1-2H3.